The van der Waals surface area contributed by atoms with E-state index in [-0.39, 0.29) is 18.7 Å². The van der Waals surface area contributed by atoms with Gasteiger partial charge in [-0.15, -0.1) is 0 Å². The fraction of sp³-hybridized carbons (Fsp3) is 0.455. The molecule has 0 bridgehead atoms. The lowest BCUT2D eigenvalue weighted by atomic mass is 10.2. The molecule has 0 aromatic carbocycles. The summed E-state index contributed by atoms with van der Waals surface area (Å²) in [5.41, 5.74) is 0. The highest BCUT2D eigenvalue weighted by Gasteiger charge is 2.05. The van der Waals surface area contributed by atoms with Gasteiger partial charge in [-0.2, -0.15) is 0 Å². The van der Waals surface area contributed by atoms with Crippen LogP contribution in [0, 0.1) is 6.92 Å². The molecule has 0 saturated heterocycles. The van der Waals surface area contributed by atoms with Crippen LogP contribution < -0.4 is 5.32 Å². The molecule has 1 amide bonds. The maximum atomic E-state index is 11.3. The summed E-state index contributed by atoms with van der Waals surface area (Å²) in [6.45, 7) is 2.18. The van der Waals surface area contributed by atoms with Gasteiger partial charge in [0.1, 0.15) is 11.5 Å². The molecule has 0 radical (unpaired) electrons. The number of carbonyl (C=O) groups is 2. The third-order valence-corrected chi connectivity index (χ3v) is 2.05. The van der Waals surface area contributed by atoms with Crippen molar-refractivity contribution in [1.29, 1.82) is 0 Å². The molecule has 1 aromatic rings. The molecule has 0 spiro atoms. The average Bonchev–Trinajstić information content (AvgIpc) is 2.61. The predicted molar refractivity (Wildman–Crippen MR) is 56.8 cm³/mol. The van der Waals surface area contributed by atoms with E-state index in [1.54, 1.807) is 6.07 Å². The van der Waals surface area contributed by atoms with Gasteiger partial charge in [0.25, 0.3) is 0 Å². The van der Waals surface area contributed by atoms with E-state index < -0.39 is 5.97 Å². The molecular formula is C11H15NO4. The first kappa shape index (κ1) is 12.3. The fourth-order valence-corrected chi connectivity index (χ4v) is 1.25. The molecule has 0 fully saturated rings. The maximum Gasteiger partial charge on any atom is 0.303 e. The van der Waals surface area contributed by atoms with Crippen molar-refractivity contribution in [2.24, 2.45) is 0 Å². The highest BCUT2D eigenvalue weighted by atomic mass is 16.4. The first-order valence-electron chi connectivity index (χ1n) is 5.12. The molecule has 0 aliphatic rings. The Morgan fingerprint density at radius 3 is 2.69 bits per heavy atom. The zero-order chi connectivity index (χ0) is 12.0. The van der Waals surface area contributed by atoms with E-state index in [2.05, 4.69) is 5.32 Å². The number of carboxylic acids is 1. The molecule has 1 aromatic heterocycles. The molecule has 1 heterocycles. The molecule has 0 atom stereocenters. The lowest BCUT2D eigenvalue weighted by Gasteiger charge is -2.01. The number of rotatable bonds is 6. The Hall–Kier alpha value is -1.78. The van der Waals surface area contributed by atoms with Crippen LogP contribution in [-0.2, 0) is 16.1 Å². The van der Waals surface area contributed by atoms with Gasteiger partial charge in [-0.3, -0.25) is 9.59 Å². The van der Waals surface area contributed by atoms with E-state index in [4.69, 9.17) is 9.52 Å². The van der Waals surface area contributed by atoms with Crippen molar-refractivity contribution < 1.29 is 19.1 Å². The Bertz CT molecular complexity index is 370. The molecular weight excluding hydrogens is 210 g/mol. The SMILES string of the molecule is Cc1ccc(CNC(=O)CCCC(=O)O)o1. The van der Waals surface area contributed by atoms with Crippen LogP contribution in [0.3, 0.4) is 0 Å². The second-order valence-corrected chi connectivity index (χ2v) is 3.54. The van der Waals surface area contributed by atoms with E-state index in [0.29, 0.717) is 18.7 Å². The molecule has 5 nitrogen and oxygen atoms in total. The number of aryl methyl sites for hydroxylation is 1. The Balaban J connectivity index is 2.17. The van der Waals surface area contributed by atoms with Crippen molar-refractivity contribution in [3.8, 4) is 0 Å². The van der Waals surface area contributed by atoms with E-state index in [1.165, 1.54) is 0 Å². The summed E-state index contributed by atoms with van der Waals surface area (Å²) in [6, 6.07) is 3.62. The molecule has 1 rings (SSSR count). The van der Waals surface area contributed by atoms with Crippen LogP contribution in [0.4, 0.5) is 0 Å². The molecule has 2 N–H and O–H groups in total. The van der Waals surface area contributed by atoms with Crippen LogP contribution in [-0.4, -0.2) is 17.0 Å². The predicted octanol–water partition coefficient (Wildman–Crippen LogP) is 1.46. The van der Waals surface area contributed by atoms with Crippen LogP contribution in [0.2, 0.25) is 0 Å². The molecule has 0 saturated carbocycles. The highest BCUT2D eigenvalue weighted by Crippen LogP contribution is 2.05. The van der Waals surface area contributed by atoms with E-state index in [9.17, 15) is 9.59 Å². The molecule has 0 unspecified atom stereocenters. The van der Waals surface area contributed by atoms with Gasteiger partial charge >= 0.3 is 5.97 Å². The molecule has 0 aliphatic heterocycles. The average molecular weight is 225 g/mol. The van der Waals surface area contributed by atoms with Crippen LogP contribution in [0.5, 0.6) is 0 Å². The molecule has 5 heteroatoms. The number of aliphatic carboxylic acids is 1. The van der Waals surface area contributed by atoms with Gasteiger partial charge in [0.2, 0.25) is 5.91 Å². The zero-order valence-electron chi connectivity index (χ0n) is 9.16. The van der Waals surface area contributed by atoms with Crippen molar-refractivity contribution in [2.45, 2.75) is 32.7 Å². The molecule has 0 aliphatic carbocycles. The lowest BCUT2D eigenvalue weighted by molar-refractivity contribution is -0.137. The number of amides is 1. The van der Waals surface area contributed by atoms with Gasteiger partial charge in [-0.25, -0.2) is 0 Å². The highest BCUT2D eigenvalue weighted by molar-refractivity contribution is 5.76. The Kier molecular flexibility index (Phi) is 4.57. The van der Waals surface area contributed by atoms with Gasteiger partial charge < -0.3 is 14.8 Å². The second-order valence-electron chi connectivity index (χ2n) is 3.54. The number of hydrogen-bond donors (Lipinski definition) is 2. The van der Waals surface area contributed by atoms with Crippen molar-refractivity contribution in [3.63, 3.8) is 0 Å². The van der Waals surface area contributed by atoms with Gasteiger partial charge in [-0.1, -0.05) is 0 Å². The Morgan fingerprint density at radius 2 is 2.12 bits per heavy atom. The monoisotopic (exact) mass is 225 g/mol. The standard InChI is InChI=1S/C11H15NO4/c1-8-5-6-9(16-8)7-12-10(13)3-2-4-11(14)15/h5-6H,2-4,7H2,1H3,(H,12,13)(H,14,15). The lowest BCUT2D eigenvalue weighted by Crippen LogP contribution is -2.22. The first-order chi connectivity index (χ1) is 7.58. The van der Waals surface area contributed by atoms with Gasteiger partial charge in [-0.05, 0) is 25.5 Å². The van der Waals surface area contributed by atoms with Crippen molar-refractivity contribution in [1.82, 2.24) is 5.32 Å². The second kappa shape index (κ2) is 5.95. The van der Waals surface area contributed by atoms with Crippen LogP contribution >= 0.6 is 0 Å². The third kappa shape index (κ3) is 4.63. The third-order valence-electron chi connectivity index (χ3n) is 2.05. The van der Waals surface area contributed by atoms with E-state index in [1.807, 2.05) is 13.0 Å². The van der Waals surface area contributed by atoms with Crippen molar-refractivity contribution in [3.05, 3.63) is 23.7 Å². The minimum Gasteiger partial charge on any atom is -0.481 e. The number of furan rings is 1. The normalized spacial score (nSPS) is 10.1. The van der Waals surface area contributed by atoms with Gasteiger partial charge in [0.15, 0.2) is 0 Å². The number of carbonyl (C=O) groups excluding carboxylic acids is 1. The van der Waals surface area contributed by atoms with Crippen LogP contribution in [0.1, 0.15) is 30.8 Å². The minimum absolute atomic E-state index is 0.0211. The summed E-state index contributed by atoms with van der Waals surface area (Å²) in [4.78, 5) is 21.5. The Morgan fingerprint density at radius 1 is 1.38 bits per heavy atom. The number of hydrogen-bond acceptors (Lipinski definition) is 3. The molecule has 88 valence electrons. The Labute approximate surface area is 93.4 Å². The quantitative estimate of drug-likeness (QED) is 0.768. The molecule has 16 heavy (non-hydrogen) atoms. The van der Waals surface area contributed by atoms with E-state index in [0.717, 1.165) is 5.76 Å². The van der Waals surface area contributed by atoms with E-state index >= 15 is 0 Å². The summed E-state index contributed by atoms with van der Waals surface area (Å²) in [5, 5.41) is 11.1. The largest absolute Gasteiger partial charge is 0.481 e. The van der Waals surface area contributed by atoms with Crippen molar-refractivity contribution >= 4 is 11.9 Å². The van der Waals surface area contributed by atoms with Gasteiger partial charge in [0.05, 0.1) is 6.54 Å². The number of nitrogens with one attached hydrogen (secondary N) is 1. The smallest absolute Gasteiger partial charge is 0.303 e. The first-order valence-corrected chi connectivity index (χ1v) is 5.12. The summed E-state index contributed by atoms with van der Waals surface area (Å²) < 4.78 is 5.27. The summed E-state index contributed by atoms with van der Waals surface area (Å²) in [6.07, 6.45) is 0.609. The summed E-state index contributed by atoms with van der Waals surface area (Å²) in [7, 11) is 0. The zero-order valence-corrected chi connectivity index (χ0v) is 9.16. The summed E-state index contributed by atoms with van der Waals surface area (Å²) in [5.74, 6) is 0.462. The fourth-order valence-electron chi connectivity index (χ4n) is 1.25. The summed E-state index contributed by atoms with van der Waals surface area (Å²) >= 11 is 0. The van der Waals surface area contributed by atoms with Crippen LogP contribution in [0.15, 0.2) is 16.5 Å². The number of carboxylic acid groups (broad SMARTS) is 1. The maximum absolute atomic E-state index is 11.3. The minimum atomic E-state index is -0.880. The van der Waals surface area contributed by atoms with Crippen LogP contribution in [0.25, 0.3) is 0 Å². The topological polar surface area (TPSA) is 79.5 Å². The van der Waals surface area contributed by atoms with Crippen molar-refractivity contribution in [2.75, 3.05) is 0 Å². The van der Waals surface area contributed by atoms with Gasteiger partial charge in [0, 0.05) is 12.8 Å².